The number of hydrogen-bond donors (Lipinski definition) is 0. The Kier molecular flexibility index (Phi) is 7.68. The maximum Gasteiger partial charge on any atom is 0.338 e. The maximum absolute atomic E-state index is 11.5. The second kappa shape index (κ2) is 8.17. The predicted octanol–water partition coefficient (Wildman–Crippen LogP) is 4.99. The number of carbonyl (C=O) groups excluding carboxylic acids is 1. The molecule has 9 heteroatoms. The Morgan fingerprint density at radius 3 is 2.06 bits per heavy atom. The molecule has 0 amide bonds. The summed E-state index contributed by atoms with van der Waals surface area (Å²) < 4.78 is 15.9. The minimum Gasteiger partial charge on any atom is -0.465 e. The number of esters is 1. The molecule has 0 spiro atoms. The molecular weight excluding hydrogens is 558 g/mol. The molecule has 0 N–H and O–H groups in total. The van der Waals surface area contributed by atoms with E-state index >= 15 is 0 Å². The second-order valence-corrected chi connectivity index (χ2v) is 6.11. The van der Waals surface area contributed by atoms with Crippen LogP contribution in [0.2, 0.25) is 0 Å². The topological polar surface area (TPSA) is 44.8 Å². The summed E-state index contributed by atoms with van der Waals surface area (Å²) in [4.78, 5) is 11.5. The van der Waals surface area contributed by atoms with Gasteiger partial charge in [-0.05, 0) is 28.1 Å². The second-order valence-electron chi connectivity index (χ2n) is 2.57. The van der Waals surface area contributed by atoms with E-state index in [1.165, 1.54) is 7.11 Å². The lowest BCUT2D eigenvalue weighted by atomic mass is 10.2. The third kappa shape index (κ3) is 4.51. The highest BCUT2D eigenvalue weighted by Crippen LogP contribution is 2.40. The van der Waals surface area contributed by atoms with Crippen LogP contribution in [0, 0.1) is 0 Å². The van der Waals surface area contributed by atoms with Gasteiger partial charge in [0.25, 0.3) is 0 Å². The van der Waals surface area contributed by atoms with Crippen molar-refractivity contribution in [3.05, 3.63) is 22.2 Å². The predicted molar refractivity (Wildman–Crippen MR) is 90.0 cm³/mol. The van der Waals surface area contributed by atoms with E-state index in [4.69, 9.17) is 8.37 Å². The summed E-state index contributed by atoms with van der Waals surface area (Å²) in [5, 5.41) is 0. The van der Waals surface area contributed by atoms with E-state index in [1.807, 2.05) is 42.4 Å². The van der Waals surface area contributed by atoms with Gasteiger partial charge in [-0.15, -0.1) is 0 Å². The molecule has 1 aromatic carbocycles. The van der Waals surface area contributed by atoms with Gasteiger partial charge in [0.2, 0.25) is 0 Å². The van der Waals surface area contributed by atoms with E-state index in [2.05, 4.69) is 20.7 Å². The van der Waals surface area contributed by atoms with Crippen molar-refractivity contribution in [2.24, 2.45) is 0 Å². The molecule has 0 aliphatic carbocycles. The average molecular weight is 563 g/mol. The number of carbonyl (C=O) groups is 1. The summed E-state index contributed by atoms with van der Waals surface area (Å²) in [6, 6.07) is 3.18. The van der Waals surface area contributed by atoms with Crippen LogP contribution in [-0.4, -0.2) is 13.1 Å². The Balaban J connectivity index is 3.20. The smallest absolute Gasteiger partial charge is 0.338 e. The first-order chi connectivity index (χ1) is 8.13. The number of benzene rings is 1. The van der Waals surface area contributed by atoms with Crippen molar-refractivity contribution >= 4 is 82.7 Å². The molecule has 0 saturated carbocycles. The van der Waals surface area contributed by atoms with Gasteiger partial charge in [0.05, 0.1) is 12.7 Å². The Morgan fingerprint density at radius 1 is 1.24 bits per heavy atom. The molecule has 0 saturated heterocycles. The molecule has 1 aromatic rings. The van der Waals surface area contributed by atoms with Gasteiger partial charge >= 0.3 is 5.97 Å². The minimum absolute atomic E-state index is 0.372. The third-order valence-corrected chi connectivity index (χ3v) is 4.01. The van der Waals surface area contributed by atoms with E-state index in [9.17, 15) is 4.79 Å². The largest absolute Gasteiger partial charge is 0.465 e. The van der Waals surface area contributed by atoms with Gasteiger partial charge in [-0.1, -0.05) is 0 Å². The van der Waals surface area contributed by atoms with Crippen LogP contribution < -0.4 is 8.37 Å². The normalized spacial score (nSPS) is 9.88. The van der Waals surface area contributed by atoms with Gasteiger partial charge in [0, 0.05) is 42.4 Å². The fourth-order valence-electron chi connectivity index (χ4n) is 0.997. The molecule has 0 aliphatic heterocycles. The molecule has 17 heavy (non-hydrogen) atoms. The minimum atomic E-state index is -0.441. The Bertz CT molecular complexity index is 392. The highest BCUT2D eigenvalue weighted by Gasteiger charge is 2.16. The molecule has 94 valence electrons. The molecular formula is C8H5BrI2O4S2. The Hall–Kier alpha value is 0.930. The van der Waals surface area contributed by atoms with Crippen LogP contribution in [0.4, 0.5) is 0 Å². The van der Waals surface area contributed by atoms with E-state index in [-0.39, 0.29) is 0 Å². The number of ether oxygens (including phenoxy) is 1. The monoisotopic (exact) mass is 562 g/mol. The zero-order valence-corrected chi connectivity index (χ0v) is 15.8. The fraction of sp³-hybridized carbons (Fsp3) is 0.125. The van der Waals surface area contributed by atoms with Gasteiger partial charge in [0.1, 0.15) is 22.9 Å². The fourth-order valence-corrected chi connectivity index (χ4v) is 3.16. The lowest BCUT2D eigenvalue weighted by Gasteiger charge is -2.10. The summed E-state index contributed by atoms with van der Waals surface area (Å²) >= 11 is 7.33. The van der Waals surface area contributed by atoms with Crippen LogP contribution in [0.5, 0.6) is 11.5 Å². The average Bonchev–Trinajstić information content (AvgIpc) is 2.33. The zero-order valence-electron chi connectivity index (χ0n) is 8.24. The highest BCUT2D eigenvalue weighted by atomic mass is 127. The van der Waals surface area contributed by atoms with Gasteiger partial charge in [-0.2, -0.15) is 0 Å². The van der Waals surface area contributed by atoms with Crippen LogP contribution in [0.25, 0.3) is 0 Å². The first kappa shape index (κ1) is 16.0. The number of hydrogen-bond acceptors (Lipinski definition) is 6. The zero-order chi connectivity index (χ0) is 12.8. The van der Waals surface area contributed by atoms with Gasteiger partial charge in [-0.25, -0.2) is 4.79 Å². The lowest BCUT2D eigenvalue weighted by Crippen LogP contribution is -2.02. The SMILES string of the molecule is COC(=O)c1cc(OSI)c(Br)c(OSI)c1. The third-order valence-electron chi connectivity index (χ3n) is 1.67. The van der Waals surface area contributed by atoms with Crippen LogP contribution in [0.15, 0.2) is 16.6 Å². The van der Waals surface area contributed by atoms with Crippen molar-refractivity contribution in [2.45, 2.75) is 0 Å². The molecule has 0 radical (unpaired) electrons. The molecule has 0 atom stereocenters. The van der Waals surface area contributed by atoms with Crippen molar-refractivity contribution < 1.29 is 17.9 Å². The molecule has 1 rings (SSSR count). The lowest BCUT2D eigenvalue weighted by molar-refractivity contribution is 0.0600. The van der Waals surface area contributed by atoms with Crippen molar-refractivity contribution in [3.63, 3.8) is 0 Å². The van der Waals surface area contributed by atoms with Crippen LogP contribution in [0.1, 0.15) is 10.4 Å². The highest BCUT2D eigenvalue weighted by molar-refractivity contribution is 14.2. The van der Waals surface area contributed by atoms with Gasteiger partial charge < -0.3 is 13.1 Å². The van der Waals surface area contributed by atoms with E-state index in [1.54, 1.807) is 12.1 Å². The van der Waals surface area contributed by atoms with Crippen molar-refractivity contribution in [2.75, 3.05) is 7.11 Å². The van der Waals surface area contributed by atoms with Crippen LogP contribution >= 0.6 is 76.8 Å². The van der Waals surface area contributed by atoms with E-state index < -0.39 is 5.97 Å². The molecule has 0 aromatic heterocycles. The summed E-state index contributed by atoms with van der Waals surface area (Å²) in [5.41, 5.74) is 0.372. The Morgan fingerprint density at radius 2 is 1.71 bits per heavy atom. The molecule has 0 bridgehead atoms. The first-order valence-electron chi connectivity index (χ1n) is 3.96. The standard InChI is InChI=1S/C8H5BrI2O4S2/c1-13-8(12)4-2-5(14-16-10)7(9)6(3-4)15-17-11/h2-3H,1H3. The summed E-state index contributed by atoms with van der Waals surface area (Å²) in [5.74, 6) is 0.574. The van der Waals surface area contributed by atoms with Gasteiger partial charge in [0.15, 0.2) is 11.5 Å². The molecule has 0 aliphatic rings. The van der Waals surface area contributed by atoms with Crippen molar-refractivity contribution in [1.29, 1.82) is 0 Å². The quantitative estimate of drug-likeness (QED) is 0.286. The van der Waals surface area contributed by atoms with E-state index in [0.717, 1.165) is 18.4 Å². The summed E-state index contributed by atoms with van der Waals surface area (Å²) in [6.45, 7) is 0. The van der Waals surface area contributed by atoms with Crippen molar-refractivity contribution in [1.82, 2.24) is 0 Å². The van der Waals surface area contributed by atoms with Crippen LogP contribution in [0.3, 0.4) is 0 Å². The molecule has 4 nitrogen and oxygen atoms in total. The molecule has 0 fully saturated rings. The molecule has 0 unspecified atom stereocenters. The van der Waals surface area contributed by atoms with E-state index in [0.29, 0.717) is 21.5 Å². The van der Waals surface area contributed by atoms with Gasteiger partial charge in [-0.3, -0.25) is 0 Å². The van der Waals surface area contributed by atoms with Crippen LogP contribution in [-0.2, 0) is 4.74 Å². The number of halogens is 3. The number of rotatable bonds is 5. The summed E-state index contributed by atoms with van der Waals surface area (Å²) in [6.07, 6.45) is 0. The van der Waals surface area contributed by atoms with Crippen molar-refractivity contribution in [3.8, 4) is 11.5 Å². The maximum atomic E-state index is 11.5. The number of methoxy groups -OCH3 is 1. The Labute approximate surface area is 140 Å². The molecule has 0 heterocycles. The summed E-state index contributed by atoms with van der Waals surface area (Å²) in [7, 11) is 3.62. The first-order valence-corrected chi connectivity index (χ1v) is 11.3.